The fraction of sp³-hybridized carbons (Fsp3) is 1.00. The molecule has 0 saturated carbocycles. The van der Waals surface area contributed by atoms with Crippen molar-refractivity contribution in [2.24, 2.45) is 10.8 Å². The molecule has 2 fully saturated rings. The van der Waals surface area contributed by atoms with Crippen molar-refractivity contribution in [1.29, 1.82) is 0 Å². The van der Waals surface area contributed by atoms with Crippen LogP contribution in [0.2, 0.25) is 0 Å². The average molecular weight is 318 g/mol. The van der Waals surface area contributed by atoms with E-state index in [4.69, 9.17) is 18.9 Å². The molecule has 2 rings (SSSR count). The first-order chi connectivity index (χ1) is 10.5. The van der Waals surface area contributed by atoms with Gasteiger partial charge in [0.05, 0.1) is 52.9 Å². The van der Waals surface area contributed by atoms with E-state index in [0.717, 1.165) is 6.42 Å². The first kappa shape index (κ1) is 18.1. The smallest absolute Gasteiger partial charge is 0.172 e. The van der Waals surface area contributed by atoms with Crippen molar-refractivity contribution in [1.82, 2.24) is 0 Å². The van der Waals surface area contributed by atoms with Gasteiger partial charge in [-0.25, -0.2) is 0 Å². The van der Waals surface area contributed by atoms with Crippen molar-refractivity contribution in [3.63, 3.8) is 0 Å². The maximum absolute atomic E-state index is 9.56. The summed E-state index contributed by atoms with van der Waals surface area (Å²) < 4.78 is 23.4. The molecule has 2 N–H and O–H groups in total. The Labute approximate surface area is 132 Å². The Kier molecular flexibility index (Phi) is 6.22. The Balaban J connectivity index is 1.93. The molecular formula is C16H30O6. The lowest BCUT2D eigenvalue weighted by molar-refractivity contribution is -0.321. The second-order valence-corrected chi connectivity index (χ2v) is 7.07. The zero-order valence-corrected chi connectivity index (χ0v) is 13.8. The molecule has 2 heterocycles. The van der Waals surface area contributed by atoms with Crippen LogP contribution in [-0.2, 0) is 18.9 Å². The van der Waals surface area contributed by atoms with E-state index in [-0.39, 0.29) is 24.0 Å². The zero-order valence-electron chi connectivity index (χ0n) is 13.8. The van der Waals surface area contributed by atoms with Crippen LogP contribution in [0.25, 0.3) is 0 Å². The van der Waals surface area contributed by atoms with Crippen LogP contribution in [0.4, 0.5) is 0 Å². The fourth-order valence-electron chi connectivity index (χ4n) is 2.70. The minimum Gasteiger partial charge on any atom is -0.396 e. The highest BCUT2D eigenvalue weighted by Gasteiger charge is 2.44. The van der Waals surface area contributed by atoms with Gasteiger partial charge in [0.15, 0.2) is 5.79 Å². The van der Waals surface area contributed by atoms with Gasteiger partial charge in [-0.1, -0.05) is 13.8 Å². The number of hydrogen-bond donors (Lipinski definition) is 2. The third kappa shape index (κ3) is 4.19. The summed E-state index contributed by atoms with van der Waals surface area (Å²) in [5.74, 6) is -0.680. The van der Waals surface area contributed by atoms with Crippen molar-refractivity contribution in [3.8, 4) is 0 Å². The molecule has 6 nitrogen and oxygen atoms in total. The predicted octanol–water partition coefficient (Wildman–Crippen LogP) is 0.944. The van der Waals surface area contributed by atoms with Gasteiger partial charge in [0.2, 0.25) is 0 Å². The lowest BCUT2D eigenvalue weighted by Gasteiger charge is -2.46. The zero-order chi connectivity index (χ0) is 16.1. The molecule has 130 valence electrons. The standard InChI is InChI=1S/C16H30O6/c1-3-15(9-18)12-21-16(22-13-15)4-6-19-10-14(2,8-17)11-20-7-5-16/h17-18H,3-13H2,1-2H3. The van der Waals surface area contributed by atoms with Crippen LogP contribution in [-0.4, -0.2) is 68.9 Å². The highest BCUT2D eigenvalue weighted by molar-refractivity contribution is 4.85. The van der Waals surface area contributed by atoms with E-state index in [1.54, 1.807) is 0 Å². The van der Waals surface area contributed by atoms with Crippen LogP contribution in [0.5, 0.6) is 0 Å². The molecule has 1 spiro atoms. The summed E-state index contributed by atoms with van der Waals surface area (Å²) in [7, 11) is 0. The van der Waals surface area contributed by atoms with Gasteiger partial charge in [-0.2, -0.15) is 0 Å². The lowest BCUT2D eigenvalue weighted by atomic mass is 9.86. The number of hydrogen-bond acceptors (Lipinski definition) is 6. The molecule has 0 radical (unpaired) electrons. The molecule has 2 aliphatic heterocycles. The average Bonchev–Trinajstić information content (AvgIpc) is 2.57. The summed E-state index contributed by atoms with van der Waals surface area (Å²) in [4.78, 5) is 0. The van der Waals surface area contributed by atoms with Gasteiger partial charge in [0.25, 0.3) is 0 Å². The van der Waals surface area contributed by atoms with Gasteiger partial charge < -0.3 is 29.2 Å². The van der Waals surface area contributed by atoms with E-state index in [1.807, 2.05) is 13.8 Å². The normalized spacial score (nSPS) is 41.5. The van der Waals surface area contributed by atoms with E-state index in [1.165, 1.54) is 0 Å². The summed E-state index contributed by atoms with van der Waals surface area (Å²) in [5.41, 5.74) is -0.648. The van der Waals surface area contributed by atoms with Crippen LogP contribution in [0, 0.1) is 10.8 Å². The molecule has 6 heteroatoms. The molecule has 2 aliphatic rings. The molecule has 0 aromatic heterocycles. The van der Waals surface area contributed by atoms with E-state index in [9.17, 15) is 10.2 Å². The molecule has 0 bridgehead atoms. The Morgan fingerprint density at radius 1 is 0.864 bits per heavy atom. The van der Waals surface area contributed by atoms with Gasteiger partial charge in [-0.05, 0) is 6.42 Å². The molecule has 0 unspecified atom stereocenters. The number of aliphatic hydroxyl groups excluding tert-OH is 2. The van der Waals surface area contributed by atoms with Crippen molar-refractivity contribution >= 4 is 0 Å². The summed E-state index contributed by atoms with van der Waals surface area (Å²) in [6.07, 6.45) is 2.08. The summed E-state index contributed by atoms with van der Waals surface area (Å²) in [5, 5.41) is 19.0. The first-order valence-corrected chi connectivity index (χ1v) is 8.16. The summed E-state index contributed by atoms with van der Waals surface area (Å²) in [6.45, 7) is 7.04. The van der Waals surface area contributed by atoms with Crippen molar-refractivity contribution in [2.45, 2.75) is 38.9 Å². The van der Waals surface area contributed by atoms with Crippen molar-refractivity contribution < 1.29 is 29.2 Å². The van der Waals surface area contributed by atoms with Gasteiger partial charge in [-0.15, -0.1) is 0 Å². The van der Waals surface area contributed by atoms with Gasteiger partial charge in [0.1, 0.15) is 0 Å². The SMILES string of the molecule is CCC1(CO)COC2(CCOCC(C)(CO)COCC2)OC1. The van der Waals surface area contributed by atoms with E-state index in [2.05, 4.69) is 0 Å². The fourth-order valence-corrected chi connectivity index (χ4v) is 2.70. The van der Waals surface area contributed by atoms with Crippen molar-refractivity contribution in [3.05, 3.63) is 0 Å². The summed E-state index contributed by atoms with van der Waals surface area (Å²) >= 11 is 0. The first-order valence-electron chi connectivity index (χ1n) is 8.16. The monoisotopic (exact) mass is 318 g/mol. The van der Waals surface area contributed by atoms with Crippen LogP contribution in [0.15, 0.2) is 0 Å². The van der Waals surface area contributed by atoms with E-state index in [0.29, 0.717) is 52.5 Å². The number of ether oxygens (including phenoxy) is 4. The molecule has 0 aromatic rings. The second-order valence-electron chi connectivity index (χ2n) is 7.07. The minimum absolute atomic E-state index is 0.0423. The van der Waals surface area contributed by atoms with E-state index >= 15 is 0 Å². The van der Waals surface area contributed by atoms with E-state index < -0.39 is 5.79 Å². The van der Waals surface area contributed by atoms with Crippen LogP contribution >= 0.6 is 0 Å². The molecule has 0 atom stereocenters. The Morgan fingerprint density at radius 3 is 1.82 bits per heavy atom. The topological polar surface area (TPSA) is 77.4 Å². The maximum atomic E-state index is 9.56. The second kappa shape index (κ2) is 7.55. The highest BCUT2D eigenvalue weighted by atomic mass is 16.7. The summed E-state index contributed by atoms with van der Waals surface area (Å²) in [6, 6.07) is 0. The molecular weight excluding hydrogens is 288 g/mol. The third-order valence-corrected chi connectivity index (χ3v) is 4.91. The molecule has 0 aromatic carbocycles. The Hall–Kier alpha value is -0.240. The molecule has 0 amide bonds. The lowest BCUT2D eigenvalue weighted by Crippen LogP contribution is -2.52. The molecule has 2 saturated heterocycles. The third-order valence-electron chi connectivity index (χ3n) is 4.91. The van der Waals surface area contributed by atoms with Gasteiger partial charge >= 0.3 is 0 Å². The Morgan fingerprint density at radius 2 is 1.41 bits per heavy atom. The quantitative estimate of drug-likeness (QED) is 0.806. The Bertz CT molecular complexity index is 318. The van der Waals surface area contributed by atoms with Crippen molar-refractivity contribution in [2.75, 3.05) is 52.9 Å². The number of aliphatic hydroxyl groups is 2. The van der Waals surface area contributed by atoms with Crippen LogP contribution < -0.4 is 0 Å². The van der Waals surface area contributed by atoms with Gasteiger partial charge in [0, 0.05) is 23.7 Å². The minimum atomic E-state index is -0.680. The van der Waals surface area contributed by atoms with Crippen LogP contribution in [0.3, 0.4) is 0 Å². The number of rotatable bonds is 3. The van der Waals surface area contributed by atoms with Crippen LogP contribution in [0.1, 0.15) is 33.1 Å². The molecule has 0 aliphatic carbocycles. The molecule has 22 heavy (non-hydrogen) atoms. The highest BCUT2D eigenvalue weighted by Crippen LogP contribution is 2.36. The maximum Gasteiger partial charge on any atom is 0.172 e. The van der Waals surface area contributed by atoms with Gasteiger partial charge in [-0.3, -0.25) is 0 Å². The predicted molar refractivity (Wildman–Crippen MR) is 80.5 cm³/mol. The largest absolute Gasteiger partial charge is 0.396 e.